The van der Waals surface area contributed by atoms with Gasteiger partial charge in [0, 0.05) is 27.1 Å². The van der Waals surface area contributed by atoms with Crippen molar-refractivity contribution in [1.29, 1.82) is 0 Å². The zero-order chi connectivity index (χ0) is 16.2. The Balaban J connectivity index is 2.85. The lowest BCUT2D eigenvalue weighted by atomic mass is 10.1. The summed E-state index contributed by atoms with van der Waals surface area (Å²) in [6.07, 6.45) is 0.00478. The van der Waals surface area contributed by atoms with Crippen LogP contribution in [-0.4, -0.2) is 48.4 Å². The maximum atomic E-state index is 13.1. The predicted octanol–water partition coefficient (Wildman–Crippen LogP) is 0.871. The minimum Gasteiger partial charge on any atom is -0.478 e. The number of nitrogens with one attached hydrogen (secondary N) is 1. The molecule has 114 valence electrons. The summed E-state index contributed by atoms with van der Waals surface area (Å²) in [4.78, 5) is 35.4. The monoisotopic (exact) mass is 300 g/mol. The molecule has 8 heteroatoms. The Morgan fingerprint density at radius 3 is 2.14 bits per heavy atom. The zero-order valence-electron chi connectivity index (χ0n) is 11.4. The van der Waals surface area contributed by atoms with Crippen LogP contribution >= 0.6 is 0 Å². The second kappa shape index (κ2) is 6.78. The van der Waals surface area contributed by atoms with Gasteiger partial charge in [-0.2, -0.15) is 0 Å². The Kier molecular flexibility index (Phi) is 5.34. The van der Waals surface area contributed by atoms with Crippen LogP contribution in [-0.2, 0) is 4.79 Å². The number of carbonyl (C=O) groups excluding carboxylic acids is 2. The van der Waals surface area contributed by atoms with E-state index < -0.39 is 34.6 Å². The highest BCUT2D eigenvalue weighted by Gasteiger charge is 2.20. The fourth-order valence-corrected chi connectivity index (χ4v) is 1.51. The van der Waals surface area contributed by atoms with Crippen LogP contribution < -0.4 is 5.32 Å². The van der Waals surface area contributed by atoms with E-state index >= 15 is 0 Å². The summed E-state index contributed by atoms with van der Waals surface area (Å²) in [6, 6.07) is 0.958. The number of amides is 2. The summed E-state index contributed by atoms with van der Waals surface area (Å²) in [6.45, 7) is -0.0477. The number of carbonyl (C=O) groups is 3. The van der Waals surface area contributed by atoms with Crippen molar-refractivity contribution >= 4 is 17.8 Å². The van der Waals surface area contributed by atoms with E-state index in [2.05, 4.69) is 5.32 Å². The smallest absolute Gasteiger partial charge is 0.336 e. The molecule has 0 aromatic heterocycles. The number of carboxylic acids is 1. The topological polar surface area (TPSA) is 86.7 Å². The molecule has 0 spiro atoms. The van der Waals surface area contributed by atoms with Crippen molar-refractivity contribution in [3.05, 3.63) is 34.9 Å². The minimum absolute atomic E-state index is 0.00478. The lowest BCUT2D eigenvalue weighted by molar-refractivity contribution is -0.128. The first kappa shape index (κ1) is 16.5. The molecule has 0 saturated heterocycles. The van der Waals surface area contributed by atoms with Crippen LogP contribution in [0.4, 0.5) is 8.78 Å². The summed E-state index contributed by atoms with van der Waals surface area (Å²) in [5, 5.41) is 11.2. The third kappa shape index (κ3) is 4.23. The van der Waals surface area contributed by atoms with Gasteiger partial charge in [-0.15, -0.1) is 0 Å². The highest BCUT2D eigenvalue weighted by molar-refractivity contribution is 6.04. The molecule has 2 N–H and O–H groups in total. The van der Waals surface area contributed by atoms with Crippen molar-refractivity contribution in [3.63, 3.8) is 0 Å². The largest absolute Gasteiger partial charge is 0.478 e. The van der Waals surface area contributed by atoms with E-state index in [0.29, 0.717) is 12.1 Å². The zero-order valence-corrected chi connectivity index (χ0v) is 11.4. The van der Waals surface area contributed by atoms with Crippen LogP contribution in [0.1, 0.15) is 27.1 Å². The summed E-state index contributed by atoms with van der Waals surface area (Å²) in [7, 11) is 3.09. The van der Waals surface area contributed by atoms with Crippen LogP contribution in [0, 0.1) is 11.6 Å². The SMILES string of the molecule is CN(C)C(=O)CCNC(=O)c1cc(F)c(F)cc1C(=O)O. The molecule has 0 heterocycles. The molecule has 0 atom stereocenters. The average molecular weight is 300 g/mol. The molecule has 1 aromatic carbocycles. The third-order valence-electron chi connectivity index (χ3n) is 2.66. The molecule has 6 nitrogen and oxygen atoms in total. The number of rotatable bonds is 5. The molecular weight excluding hydrogens is 286 g/mol. The minimum atomic E-state index is -1.55. The van der Waals surface area contributed by atoms with E-state index in [4.69, 9.17) is 5.11 Å². The van der Waals surface area contributed by atoms with Crippen LogP contribution in [0.25, 0.3) is 0 Å². The molecule has 0 fully saturated rings. The fourth-order valence-electron chi connectivity index (χ4n) is 1.51. The molecule has 1 rings (SSSR count). The average Bonchev–Trinajstić information content (AvgIpc) is 2.40. The van der Waals surface area contributed by atoms with Gasteiger partial charge in [-0.05, 0) is 12.1 Å². The summed E-state index contributed by atoms with van der Waals surface area (Å²) in [5.74, 6) is -5.36. The van der Waals surface area contributed by atoms with E-state index in [1.807, 2.05) is 0 Å². The van der Waals surface area contributed by atoms with E-state index in [1.54, 1.807) is 14.1 Å². The predicted molar refractivity (Wildman–Crippen MR) is 69.0 cm³/mol. The number of hydrogen-bond donors (Lipinski definition) is 2. The lowest BCUT2D eigenvalue weighted by Gasteiger charge is -2.11. The van der Waals surface area contributed by atoms with Crippen LogP contribution in [0.15, 0.2) is 12.1 Å². The molecule has 0 saturated carbocycles. The van der Waals surface area contributed by atoms with Gasteiger partial charge < -0.3 is 15.3 Å². The molecule has 21 heavy (non-hydrogen) atoms. The second-order valence-electron chi connectivity index (χ2n) is 4.41. The summed E-state index contributed by atoms with van der Waals surface area (Å²) in [5.41, 5.74) is -1.15. The molecular formula is C13H14F2N2O4. The second-order valence-corrected chi connectivity index (χ2v) is 4.41. The molecule has 0 aliphatic rings. The fraction of sp³-hybridized carbons (Fsp3) is 0.308. The summed E-state index contributed by atoms with van der Waals surface area (Å²) < 4.78 is 26.1. The molecule has 0 aliphatic carbocycles. The van der Waals surface area contributed by atoms with E-state index in [9.17, 15) is 23.2 Å². The lowest BCUT2D eigenvalue weighted by Crippen LogP contribution is -2.31. The maximum Gasteiger partial charge on any atom is 0.336 e. The number of benzene rings is 1. The van der Waals surface area contributed by atoms with Gasteiger partial charge >= 0.3 is 5.97 Å². The van der Waals surface area contributed by atoms with E-state index in [0.717, 1.165) is 0 Å². The van der Waals surface area contributed by atoms with Crippen LogP contribution in [0.3, 0.4) is 0 Å². The molecule has 0 unspecified atom stereocenters. The van der Waals surface area contributed by atoms with Gasteiger partial charge in [-0.1, -0.05) is 0 Å². The Morgan fingerprint density at radius 2 is 1.67 bits per heavy atom. The molecule has 0 bridgehead atoms. The van der Waals surface area contributed by atoms with Crippen molar-refractivity contribution in [2.24, 2.45) is 0 Å². The van der Waals surface area contributed by atoms with E-state index in [1.165, 1.54) is 4.90 Å². The first-order chi connectivity index (χ1) is 9.73. The Morgan fingerprint density at radius 1 is 1.14 bits per heavy atom. The number of halogens is 2. The van der Waals surface area contributed by atoms with Crippen molar-refractivity contribution < 1.29 is 28.3 Å². The van der Waals surface area contributed by atoms with Crippen LogP contribution in [0.2, 0.25) is 0 Å². The number of aromatic carboxylic acids is 1. The molecule has 0 aliphatic heterocycles. The Labute approximate surface area is 119 Å². The van der Waals surface area contributed by atoms with Crippen molar-refractivity contribution in [1.82, 2.24) is 10.2 Å². The highest BCUT2D eigenvalue weighted by atomic mass is 19.2. The van der Waals surface area contributed by atoms with Gasteiger partial charge in [0.25, 0.3) is 5.91 Å². The van der Waals surface area contributed by atoms with Gasteiger partial charge in [0.1, 0.15) is 0 Å². The van der Waals surface area contributed by atoms with Gasteiger partial charge in [0.05, 0.1) is 11.1 Å². The first-order valence-electron chi connectivity index (χ1n) is 5.94. The van der Waals surface area contributed by atoms with E-state index in [-0.39, 0.29) is 18.9 Å². The van der Waals surface area contributed by atoms with Gasteiger partial charge in [-0.3, -0.25) is 9.59 Å². The third-order valence-corrected chi connectivity index (χ3v) is 2.66. The Bertz CT molecular complexity index is 588. The standard InChI is InChI=1S/C13H14F2N2O4/c1-17(2)11(18)3-4-16-12(19)7-5-9(14)10(15)6-8(7)13(20)21/h5-6H,3-4H2,1-2H3,(H,16,19)(H,20,21). The molecule has 2 amide bonds. The first-order valence-corrected chi connectivity index (χ1v) is 5.94. The van der Waals surface area contributed by atoms with Crippen molar-refractivity contribution in [2.75, 3.05) is 20.6 Å². The maximum absolute atomic E-state index is 13.1. The Hall–Kier alpha value is -2.51. The molecule has 1 aromatic rings. The van der Waals surface area contributed by atoms with Crippen molar-refractivity contribution in [2.45, 2.75) is 6.42 Å². The van der Waals surface area contributed by atoms with Gasteiger partial charge in [0.2, 0.25) is 5.91 Å². The normalized spacial score (nSPS) is 10.1. The highest BCUT2D eigenvalue weighted by Crippen LogP contribution is 2.15. The van der Waals surface area contributed by atoms with Gasteiger partial charge in [-0.25, -0.2) is 13.6 Å². The number of hydrogen-bond acceptors (Lipinski definition) is 3. The van der Waals surface area contributed by atoms with Gasteiger partial charge in [0.15, 0.2) is 11.6 Å². The molecule has 0 radical (unpaired) electrons. The van der Waals surface area contributed by atoms with Crippen LogP contribution in [0.5, 0.6) is 0 Å². The summed E-state index contributed by atoms with van der Waals surface area (Å²) >= 11 is 0. The van der Waals surface area contributed by atoms with Crippen molar-refractivity contribution in [3.8, 4) is 0 Å². The quantitative estimate of drug-likeness (QED) is 0.845. The number of nitrogens with zero attached hydrogens (tertiary/aromatic N) is 1. The number of carboxylic acid groups (broad SMARTS) is 1.